The number of carbonyl (C=O) groups is 1. The molecule has 0 aromatic heterocycles. The van der Waals surface area contributed by atoms with Crippen LogP contribution in [0.2, 0.25) is 0 Å². The topological polar surface area (TPSA) is 88.2 Å². The number of hydrogen-bond acceptors (Lipinski definition) is 4. The molecule has 1 aromatic rings. The number of carbonyl (C=O) groups excluding carboxylic acids is 1. The number of nitrogens with zero attached hydrogens (tertiary/aromatic N) is 2. The molecule has 1 unspecified atom stereocenters. The van der Waals surface area contributed by atoms with E-state index < -0.39 is 6.10 Å². The second-order valence-electron chi connectivity index (χ2n) is 5.54. The molecule has 0 saturated carbocycles. The van der Waals surface area contributed by atoms with Gasteiger partial charge in [0, 0.05) is 12.5 Å². The average molecular weight is 289 g/mol. The lowest BCUT2D eigenvalue weighted by molar-refractivity contribution is -0.140. The summed E-state index contributed by atoms with van der Waals surface area (Å²) in [5, 5.41) is 11.7. The van der Waals surface area contributed by atoms with Crippen molar-refractivity contribution in [3.63, 3.8) is 0 Å². The summed E-state index contributed by atoms with van der Waals surface area (Å²) >= 11 is 0. The molecule has 6 nitrogen and oxygen atoms in total. The van der Waals surface area contributed by atoms with Gasteiger partial charge in [0.25, 0.3) is 0 Å². The minimum atomic E-state index is -0.517. The maximum Gasteiger partial charge on any atom is 0.226 e. The Bertz CT molecular complexity index is 548. The molecule has 0 radical (unpaired) electrons. The highest BCUT2D eigenvalue weighted by molar-refractivity contribution is 5.86. The summed E-state index contributed by atoms with van der Waals surface area (Å²) in [6.45, 7) is 1.31. The molecule has 1 aliphatic carbocycles. The number of rotatable bonds is 2. The molecule has 1 heterocycles. The van der Waals surface area contributed by atoms with Crippen LogP contribution in [0.1, 0.15) is 11.1 Å². The predicted molar refractivity (Wildman–Crippen MR) is 77.1 cm³/mol. The highest BCUT2D eigenvalue weighted by Gasteiger charge is 2.34. The summed E-state index contributed by atoms with van der Waals surface area (Å²) < 4.78 is 5.43. The number of hydrogen-bond donors (Lipinski definition) is 2. The fourth-order valence-corrected chi connectivity index (χ4v) is 3.08. The second kappa shape index (κ2) is 5.73. The minimum Gasteiger partial charge on any atom is -0.409 e. The van der Waals surface area contributed by atoms with E-state index in [4.69, 9.17) is 15.7 Å². The van der Waals surface area contributed by atoms with Gasteiger partial charge in [0.2, 0.25) is 5.91 Å². The smallest absolute Gasteiger partial charge is 0.226 e. The van der Waals surface area contributed by atoms with Crippen LogP contribution in [0.25, 0.3) is 0 Å². The molecule has 3 rings (SSSR count). The Morgan fingerprint density at radius 3 is 2.62 bits per heavy atom. The van der Waals surface area contributed by atoms with E-state index in [1.54, 1.807) is 4.90 Å². The number of ether oxygens (including phenoxy) is 1. The molecule has 2 aliphatic rings. The predicted octanol–water partition coefficient (Wildman–Crippen LogP) is 0.375. The van der Waals surface area contributed by atoms with Crippen LogP contribution in [0.15, 0.2) is 29.4 Å². The highest BCUT2D eigenvalue weighted by atomic mass is 16.5. The highest BCUT2D eigenvalue weighted by Crippen LogP contribution is 2.28. The lowest BCUT2D eigenvalue weighted by Crippen LogP contribution is -2.52. The maximum atomic E-state index is 12.7. The van der Waals surface area contributed by atoms with Crippen LogP contribution in [-0.2, 0) is 22.4 Å². The van der Waals surface area contributed by atoms with Crippen molar-refractivity contribution in [3.05, 3.63) is 35.4 Å². The Morgan fingerprint density at radius 2 is 2.00 bits per heavy atom. The van der Waals surface area contributed by atoms with E-state index in [0.717, 1.165) is 12.8 Å². The lowest BCUT2D eigenvalue weighted by atomic mass is 10.0. The van der Waals surface area contributed by atoms with Gasteiger partial charge in [0.15, 0.2) is 5.84 Å². The quantitative estimate of drug-likeness (QED) is 0.356. The summed E-state index contributed by atoms with van der Waals surface area (Å²) in [7, 11) is 0. The van der Waals surface area contributed by atoms with Crippen molar-refractivity contribution >= 4 is 11.7 Å². The zero-order chi connectivity index (χ0) is 14.8. The van der Waals surface area contributed by atoms with Gasteiger partial charge >= 0.3 is 0 Å². The number of amidine groups is 1. The monoisotopic (exact) mass is 289 g/mol. The number of nitrogens with two attached hydrogens (primary N) is 1. The van der Waals surface area contributed by atoms with Gasteiger partial charge in [-0.05, 0) is 24.0 Å². The number of fused-ring (bicyclic) bond motifs is 1. The van der Waals surface area contributed by atoms with Crippen LogP contribution in [0, 0.1) is 5.92 Å². The second-order valence-corrected chi connectivity index (χ2v) is 5.54. The third kappa shape index (κ3) is 2.71. The normalized spacial score (nSPS) is 23.1. The molecule has 1 fully saturated rings. The van der Waals surface area contributed by atoms with E-state index in [9.17, 15) is 4.79 Å². The van der Waals surface area contributed by atoms with Gasteiger partial charge in [0.05, 0.1) is 13.2 Å². The van der Waals surface area contributed by atoms with Gasteiger partial charge in [-0.1, -0.05) is 29.4 Å². The van der Waals surface area contributed by atoms with Crippen molar-refractivity contribution in [2.24, 2.45) is 16.8 Å². The van der Waals surface area contributed by atoms with Gasteiger partial charge in [0.1, 0.15) is 6.10 Å². The van der Waals surface area contributed by atoms with Crippen molar-refractivity contribution in [1.29, 1.82) is 0 Å². The SMILES string of the molecule is N/C(=N/O)C1CN(C(=O)C2Cc3ccccc3C2)CCO1. The van der Waals surface area contributed by atoms with Gasteiger partial charge in [-0.25, -0.2) is 0 Å². The third-order valence-corrected chi connectivity index (χ3v) is 4.22. The molecule has 6 heteroatoms. The van der Waals surface area contributed by atoms with Crippen LogP contribution in [0.5, 0.6) is 0 Å². The standard InChI is InChI=1S/C15H19N3O3/c16-14(17-20)13-9-18(5-6-21-13)15(19)12-7-10-3-1-2-4-11(10)8-12/h1-4,12-13,20H,5-9H2,(H2,16,17). The molecule has 0 spiro atoms. The molecule has 1 amide bonds. The Kier molecular flexibility index (Phi) is 3.79. The van der Waals surface area contributed by atoms with Gasteiger partial charge < -0.3 is 20.6 Å². The first-order valence-corrected chi connectivity index (χ1v) is 7.13. The van der Waals surface area contributed by atoms with Gasteiger partial charge in [-0.2, -0.15) is 0 Å². The van der Waals surface area contributed by atoms with Crippen LogP contribution >= 0.6 is 0 Å². The molecule has 1 aliphatic heterocycles. The number of morpholine rings is 1. The molecular weight excluding hydrogens is 270 g/mol. The van der Waals surface area contributed by atoms with Crippen molar-refractivity contribution in [2.45, 2.75) is 18.9 Å². The van der Waals surface area contributed by atoms with Crippen molar-refractivity contribution in [1.82, 2.24) is 4.90 Å². The fourth-order valence-electron chi connectivity index (χ4n) is 3.08. The van der Waals surface area contributed by atoms with Crippen molar-refractivity contribution in [3.8, 4) is 0 Å². The summed E-state index contributed by atoms with van der Waals surface area (Å²) in [6, 6.07) is 8.19. The Balaban J connectivity index is 1.66. The summed E-state index contributed by atoms with van der Waals surface area (Å²) in [6.07, 6.45) is 1.07. The number of oxime groups is 1. The first-order chi connectivity index (χ1) is 10.2. The van der Waals surface area contributed by atoms with E-state index >= 15 is 0 Å². The molecule has 0 bridgehead atoms. The van der Waals surface area contributed by atoms with E-state index in [1.807, 2.05) is 12.1 Å². The maximum absolute atomic E-state index is 12.7. The van der Waals surface area contributed by atoms with E-state index in [0.29, 0.717) is 19.7 Å². The van der Waals surface area contributed by atoms with Crippen LogP contribution in [0.3, 0.4) is 0 Å². The molecule has 3 N–H and O–H groups in total. The van der Waals surface area contributed by atoms with Crippen molar-refractivity contribution in [2.75, 3.05) is 19.7 Å². The minimum absolute atomic E-state index is 0.00607. The van der Waals surface area contributed by atoms with E-state index in [2.05, 4.69) is 17.3 Å². The average Bonchev–Trinajstić information content (AvgIpc) is 2.97. The summed E-state index contributed by atoms with van der Waals surface area (Å²) in [5.74, 6) is 0.140. The molecule has 21 heavy (non-hydrogen) atoms. The van der Waals surface area contributed by atoms with E-state index in [1.165, 1.54) is 11.1 Å². The van der Waals surface area contributed by atoms with Crippen LogP contribution < -0.4 is 5.73 Å². The zero-order valence-electron chi connectivity index (χ0n) is 11.7. The summed E-state index contributed by atoms with van der Waals surface area (Å²) in [4.78, 5) is 14.4. The Labute approximate surface area is 123 Å². The molecule has 1 atom stereocenters. The first kappa shape index (κ1) is 13.9. The summed E-state index contributed by atoms with van der Waals surface area (Å²) in [5.41, 5.74) is 8.09. The Hall–Kier alpha value is -2.08. The van der Waals surface area contributed by atoms with Crippen LogP contribution in [-0.4, -0.2) is 47.7 Å². The molecule has 112 valence electrons. The van der Waals surface area contributed by atoms with Crippen molar-refractivity contribution < 1.29 is 14.7 Å². The lowest BCUT2D eigenvalue weighted by Gasteiger charge is -2.33. The number of amides is 1. The Morgan fingerprint density at radius 1 is 1.33 bits per heavy atom. The molecule has 1 aromatic carbocycles. The largest absolute Gasteiger partial charge is 0.409 e. The third-order valence-electron chi connectivity index (χ3n) is 4.22. The van der Waals surface area contributed by atoms with E-state index in [-0.39, 0.29) is 17.7 Å². The molecular formula is C15H19N3O3. The van der Waals surface area contributed by atoms with Crippen LogP contribution in [0.4, 0.5) is 0 Å². The first-order valence-electron chi connectivity index (χ1n) is 7.13. The zero-order valence-corrected chi connectivity index (χ0v) is 11.7. The number of benzene rings is 1. The van der Waals surface area contributed by atoms with Gasteiger partial charge in [-0.3, -0.25) is 4.79 Å². The fraction of sp³-hybridized carbons (Fsp3) is 0.467. The molecule has 1 saturated heterocycles. The van der Waals surface area contributed by atoms with Gasteiger partial charge in [-0.15, -0.1) is 0 Å².